The molecule has 20 heavy (non-hydrogen) atoms. The van der Waals surface area contributed by atoms with Crippen LogP contribution in [0.4, 0.5) is 0 Å². The molecule has 2 atom stereocenters. The lowest BCUT2D eigenvalue weighted by Crippen LogP contribution is -2.44. The SMILES string of the molecule is C[C@H]1CO[C@@H](c2ccccc2)CN1Cc1cccnc1. The van der Waals surface area contributed by atoms with Crippen molar-refractivity contribution in [2.24, 2.45) is 0 Å². The minimum Gasteiger partial charge on any atom is -0.371 e. The summed E-state index contributed by atoms with van der Waals surface area (Å²) >= 11 is 0. The van der Waals surface area contributed by atoms with Crippen LogP contribution in [-0.2, 0) is 11.3 Å². The van der Waals surface area contributed by atoms with Gasteiger partial charge in [0.15, 0.2) is 0 Å². The van der Waals surface area contributed by atoms with E-state index in [1.807, 2.05) is 24.5 Å². The molecule has 0 N–H and O–H groups in total. The maximum Gasteiger partial charge on any atom is 0.0952 e. The number of ether oxygens (including phenoxy) is 1. The van der Waals surface area contributed by atoms with Gasteiger partial charge in [-0.3, -0.25) is 9.88 Å². The molecule has 0 saturated carbocycles. The first kappa shape index (κ1) is 13.3. The van der Waals surface area contributed by atoms with Crippen molar-refractivity contribution in [3.05, 3.63) is 66.0 Å². The van der Waals surface area contributed by atoms with Gasteiger partial charge in [0.2, 0.25) is 0 Å². The topological polar surface area (TPSA) is 25.4 Å². The summed E-state index contributed by atoms with van der Waals surface area (Å²) in [6.07, 6.45) is 3.93. The van der Waals surface area contributed by atoms with Crippen molar-refractivity contribution < 1.29 is 4.74 Å². The minimum atomic E-state index is 0.170. The first-order chi connectivity index (χ1) is 9.83. The minimum absolute atomic E-state index is 0.170. The monoisotopic (exact) mass is 268 g/mol. The van der Waals surface area contributed by atoms with E-state index < -0.39 is 0 Å². The molecular formula is C17H20N2O. The van der Waals surface area contributed by atoms with Crippen LogP contribution in [0.25, 0.3) is 0 Å². The summed E-state index contributed by atoms with van der Waals surface area (Å²) in [5, 5.41) is 0. The molecule has 0 spiro atoms. The fourth-order valence-electron chi connectivity index (χ4n) is 2.62. The number of nitrogens with zero attached hydrogens (tertiary/aromatic N) is 2. The highest BCUT2D eigenvalue weighted by molar-refractivity contribution is 5.19. The average Bonchev–Trinajstić information content (AvgIpc) is 2.51. The Morgan fingerprint density at radius 1 is 1.20 bits per heavy atom. The van der Waals surface area contributed by atoms with E-state index in [4.69, 9.17) is 4.74 Å². The number of aromatic nitrogens is 1. The first-order valence-electron chi connectivity index (χ1n) is 7.12. The quantitative estimate of drug-likeness (QED) is 0.855. The van der Waals surface area contributed by atoms with Gasteiger partial charge in [-0.1, -0.05) is 36.4 Å². The van der Waals surface area contributed by atoms with Crippen molar-refractivity contribution in [3.63, 3.8) is 0 Å². The zero-order valence-corrected chi connectivity index (χ0v) is 11.8. The summed E-state index contributed by atoms with van der Waals surface area (Å²) in [7, 11) is 0. The zero-order valence-electron chi connectivity index (χ0n) is 11.8. The van der Waals surface area contributed by atoms with Crippen LogP contribution in [0, 0.1) is 0 Å². The fourth-order valence-corrected chi connectivity index (χ4v) is 2.62. The van der Waals surface area contributed by atoms with Gasteiger partial charge in [-0.2, -0.15) is 0 Å². The lowest BCUT2D eigenvalue weighted by Gasteiger charge is -2.38. The molecule has 2 heterocycles. The smallest absolute Gasteiger partial charge is 0.0952 e. The van der Waals surface area contributed by atoms with Crippen LogP contribution in [0.5, 0.6) is 0 Å². The standard InChI is InChI=1S/C17H20N2O/c1-14-13-20-17(16-7-3-2-4-8-16)12-19(14)11-15-6-5-9-18-10-15/h2-10,14,17H,11-13H2,1H3/t14-,17+/m0/s1. The van der Waals surface area contributed by atoms with Gasteiger partial charge in [0.25, 0.3) is 0 Å². The third-order valence-corrected chi connectivity index (χ3v) is 3.84. The molecule has 1 aliphatic heterocycles. The van der Waals surface area contributed by atoms with E-state index in [9.17, 15) is 0 Å². The number of hydrogen-bond acceptors (Lipinski definition) is 3. The van der Waals surface area contributed by atoms with Crippen molar-refractivity contribution in [1.29, 1.82) is 0 Å². The second-order valence-electron chi connectivity index (χ2n) is 5.37. The third-order valence-electron chi connectivity index (χ3n) is 3.84. The molecule has 1 saturated heterocycles. The van der Waals surface area contributed by atoms with Gasteiger partial charge >= 0.3 is 0 Å². The van der Waals surface area contributed by atoms with Gasteiger partial charge < -0.3 is 4.74 Å². The van der Waals surface area contributed by atoms with E-state index in [1.54, 1.807) is 0 Å². The van der Waals surface area contributed by atoms with Crippen LogP contribution >= 0.6 is 0 Å². The lowest BCUT2D eigenvalue weighted by atomic mass is 10.1. The zero-order chi connectivity index (χ0) is 13.8. The molecule has 3 heteroatoms. The molecule has 1 aromatic carbocycles. The molecule has 3 nitrogen and oxygen atoms in total. The van der Waals surface area contributed by atoms with E-state index in [0.29, 0.717) is 6.04 Å². The molecular weight excluding hydrogens is 248 g/mol. The highest BCUT2D eigenvalue weighted by Gasteiger charge is 2.26. The van der Waals surface area contributed by atoms with E-state index in [-0.39, 0.29) is 6.10 Å². The molecule has 1 aromatic heterocycles. The largest absolute Gasteiger partial charge is 0.371 e. The number of morpholine rings is 1. The second kappa shape index (κ2) is 6.16. The Morgan fingerprint density at radius 3 is 2.80 bits per heavy atom. The molecule has 0 bridgehead atoms. The summed E-state index contributed by atoms with van der Waals surface area (Å²) in [5.74, 6) is 0. The first-order valence-corrected chi connectivity index (χ1v) is 7.12. The van der Waals surface area contributed by atoms with Crippen LogP contribution < -0.4 is 0 Å². The van der Waals surface area contributed by atoms with Gasteiger partial charge in [0, 0.05) is 31.5 Å². The highest BCUT2D eigenvalue weighted by atomic mass is 16.5. The highest BCUT2D eigenvalue weighted by Crippen LogP contribution is 2.25. The van der Waals surface area contributed by atoms with Crippen LogP contribution in [0.2, 0.25) is 0 Å². The van der Waals surface area contributed by atoms with E-state index in [1.165, 1.54) is 11.1 Å². The summed E-state index contributed by atoms with van der Waals surface area (Å²) in [6.45, 7) is 4.86. The summed E-state index contributed by atoms with van der Waals surface area (Å²) in [6, 6.07) is 15.0. The second-order valence-corrected chi connectivity index (χ2v) is 5.37. The Hall–Kier alpha value is -1.71. The number of benzene rings is 1. The summed E-state index contributed by atoms with van der Waals surface area (Å²) in [5.41, 5.74) is 2.52. The van der Waals surface area contributed by atoms with Gasteiger partial charge in [0.1, 0.15) is 0 Å². The average molecular weight is 268 g/mol. The maximum atomic E-state index is 5.99. The number of pyridine rings is 1. The van der Waals surface area contributed by atoms with Crippen LogP contribution in [-0.4, -0.2) is 29.1 Å². The van der Waals surface area contributed by atoms with E-state index in [0.717, 1.165) is 19.7 Å². The summed E-state index contributed by atoms with van der Waals surface area (Å²) in [4.78, 5) is 6.66. The Labute approximate surface area is 120 Å². The van der Waals surface area contributed by atoms with Crippen molar-refractivity contribution >= 4 is 0 Å². The molecule has 1 fully saturated rings. The van der Waals surface area contributed by atoms with E-state index >= 15 is 0 Å². The maximum absolute atomic E-state index is 5.99. The molecule has 0 radical (unpaired) electrons. The molecule has 0 unspecified atom stereocenters. The predicted molar refractivity (Wildman–Crippen MR) is 79.2 cm³/mol. The Balaban J connectivity index is 1.71. The van der Waals surface area contributed by atoms with Crippen molar-refractivity contribution in [2.45, 2.75) is 25.6 Å². The number of hydrogen-bond donors (Lipinski definition) is 0. The number of rotatable bonds is 3. The van der Waals surface area contributed by atoms with Crippen LogP contribution in [0.1, 0.15) is 24.2 Å². The molecule has 0 aliphatic carbocycles. The summed E-state index contributed by atoms with van der Waals surface area (Å²) < 4.78 is 5.99. The normalized spacial score (nSPS) is 23.6. The van der Waals surface area contributed by atoms with Gasteiger partial charge in [0.05, 0.1) is 12.7 Å². The Bertz CT molecular complexity index is 529. The van der Waals surface area contributed by atoms with Gasteiger partial charge in [-0.15, -0.1) is 0 Å². The lowest BCUT2D eigenvalue weighted by molar-refractivity contribution is -0.0633. The van der Waals surface area contributed by atoms with Crippen LogP contribution in [0.15, 0.2) is 54.9 Å². The Kier molecular flexibility index (Phi) is 4.09. The van der Waals surface area contributed by atoms with Gasteiger partial charge in [-0.05, 0) is 24.1 Å². The molecule has 3 rings (SSSR count). The molecule has 1 aliphatic rings. The Morgan fingerprint density at radius 2 is 2.05 bits per heavy atom. The van der Waals surface area contributed by atoms with Crippen LogP contribution in [0.3, 0.4) is 0 Å². The van der Waals surface area contributed by atoms with Crippen molar-refractivity contribution in [1.82, 2.24) is 9.88 Å². The molecule has 104 valence electrons. The van der Waals surface area contributed by atoms with E-state index in [2.05, 4.69) is 47.1 Å². The molecule has 2 aromatic rings. The van der Waals surface area contributed by atoms with Crippen molar-refractivity contribution in [2.75, 3.05) is 13.2 Å². The molecule has 0 amide bonds. The van der Waals surface area contributed by atoms with Crippen molar-refractivity contribution in [3.8, 4) is 0 Å². The third kappa shape index (κ3) is 3.06. The fraction of sp³-hybridized carbons (Fsp3) is 0.353. The van der Waals surface area contributed by atoms with Gasteiger partial charge in [-0.25, -0.2) is 0 Å². The predicted octanol–water partition coefficient (Wildman–Crippen LogP) is 3.04.